The Kier molecular flexibility index (Phi) is 4.49. The van der Waals surface area contributed by atoms with E-state index in [1.165, 1.54) is 15.9 Å². The molecule has 0 radical (unpaired) electrons. The van der Waals surface area contributed by atoms with Gasteiger partial charge >= 0.3 is 0 Å². The van der Waals surface area contributed by atoms with Gasteiger partial charge in [-0.05, 0) is 13.3 Å². The lowest BCUT2D eigenvalue weighted by Crippen LogP contribution is -2.19. The molecule has 2 aromatic rings. The van der Waals surface area contributed by atoms with Crippen LogP contribution >= 0.6 is 11.3 Å². The number of aryl methyl sites for hydroxylation is 1. The van der Waals surface area contributed by atoms with Crippen molar-refractivity contribution in [1.82, 2.24) is 14.6 Å². The van der Waals surface area contributed by atoms with Crippen LogP contribution in [-0.4, -0.2) is 34.4 Å². The molecule has 0 spiro atoms. The molecule has 2 aromatic heterocycles. The largest absolute Gasteiger partial charge is 0.380 e. The van der Waals surface area contributed by atoms with Crippen molar-refractivity contribution in [2.75, 3.05) is 19.0 Å². The number of anilines is 1. The summed E-state index contributed by atoms with van der Waals surface area (Å²) in [6.07, 6.45) is 1.87. The summed E-state index contributed by atoms with van der Waals surface area (Å²) < 4.78 is 6.49. The van der Waals surface area contributed by atoms with E-state index >= 15 is 0 Å². The van der Waals surface area contributed by atoms with Crippen molar-refractivity contribution < 1.29 is 4.74 Å². The van der Waals surface area contributed by atoms with Gasteiger partial charge in [-0.3, -0.25) is 4.79 Å². The van der Waals surface area contributed by atoms with Crippen molar-refractivity contribution in [3.05, 3.63) is 22.1 Å². The van der Waals surface area contributed by atoms with Crippen LogP contribution in [0.2, 0.25) is 0 Å². The highest BCUT2D eigenvalue weighted by Crippen LogP contribution is 2.16. The summed E-state index contributed by atoms with van der Waals surface area (Å²) in [5.74, 6) is 0. The molecule has 6 nitrogen and oxygen atoms in total. The smallest absolute Gasteiger partial charge is 0.275 e. The Hall–Kier alpha value is -1.47. The van der Waals surface area contributed by atoms with Crippen molar-refractivity contribution in [2.24, 2.45) is 0 Å². The third-order valence-electron chi connectivity index (χ3n) is 2.75. The summed E-state index contributed by atoms with van der Waals surface area (Å²) in [4.78, 5) is 17.0. The van der Waals surface area contributed by atoms with E-state index in [4.69, 9.17) is 4.74 Å². The van der Waals surface area contributed by atoms with Gasteiger partial charge in [0.15, 0.2) is 0 Å². The maximum absolute atomic E-state index is 11.9. The van der Waals surface area contributed by atoms with Gasteiger partial charge in [0.1, 0.15) is 0 Å². The van der Waals surface area contributed by atoms with Gasteiger partial charge in [-0.15, -0.1) is 5.10 Å². The Bertz CT molecular complexity index is 607. The van der Waals surface area contributed by atoms with Gasteiger partial charge < -0.3 is 10.1 Å². The van der Waals surface area contributed by atoms with Gasteiger partial charge in [0, 0.05) is 25.4 Å². The van der Waals surface area contributed by atoms with E-state index in [0.717, 1.165) is 18.5 Å². The minimum atomic E-state index is -0.127. The van der Waals surface area contributed by atoms with E-state index in [0.29, 0.717) is 16.6 Å². The van der Waals surface area contributed by atoms with Crippen molar-refractivity contribution >= 4 is 21.4 Å². The zero-order valence-corrected chi connectivity index (χ0v) is 12.2. The summed E-state index contributed by atoms with van der Waals surface area (Å²) in [5, 5.41) is 8.04. The summed E-state index contributed by atoms with van der Waals surface area (Å²) in [7, 11) is 1.66. The molecule has 0 saturated carbocycles. The molecule has 1 N–H and O–H groups in total. The Morgan fingerprint density at radius 2 is 2.37 bits per heavy atom. The van der Waals surface area contributed by atoms with Crippen LogP contribution in [-0.2, 0) is 11.2 Å². The average molecular weight is 282 g/mol. The molecule has 104 valence electrons. The van der Waals surface area contributed by atoms with Crippen molar-refractivity contribution in [1.29, 1.82) is 0 Å². The minimum absolute atomic E-state index is 0.0901. The minimum Gasteiger partial charge on any atom is -0.380 e. The molecule has 0 aliphatic carbocycles. The maximum atomic E-state index is 11.9. The normalized spacial score (nSPS) is 12.8. The first-order valence-electron chi connectivity index (χ1n) is 6.30. The summed E-state index contributed by atoms with van der Waals surface area (Å²) >= 11 is 1.38. The molecular formula is C12H18N4O2S. The third kappa shape index (κ3) is 3.30. The topological polar surface area (TPSA) is 68.5 Å². The number of nitrogens with zero attached hydrogens (tertiary/aromatic N) is 3. The van der Waals surface area contributed by atoms with Crippen LogP contribution in [0.1, 0.15) is 26.0 Å². The van der Waals surface area contributed by atoms with Crippen LogP contribution in [0.15, 0.2) is 10.9 Å². The highest BCUT2D eigenvalue weighted by Gasteiger charge is 2.09. The van der Waals surface area contributed by atoms with Crippen LogP contribution < -0.4 is 10.9 Å². The molecule has 7 heteroatoms. The number of fused-ring (bicyclic) bond motifs is 1. The highest BCUT2D eigenvalue weighted by atomic mass is 32.1. The molecule has 0 aliphatic heterocycles. The molecule has 0 aromatic carbocycles. The molecule has 1 atom stereocenters. The van der Waals surface area contributed by atoms with E-state index in [1.54, 1.807) is 13.2 Å². The predicted octanol–water partition coefficient (Wildman–Crippen LogP) is 1.55. The van der Waals surface area contributed by atoms with Crippen LogP contribution in [0, 0.1) is 0 Å². The standard InChI is InChI=1S/C12H18N4O2S/c1-4-5-9-6-10(17)16-12(14-9)19-11(15-16)13-7-8(2)18-3/h6,8H,4-5,7H2,1-3H3,(H,13,15). The van der Waals surface area contributed by atoms with Crippen LogP contribution in [0.25, 0.3) is 4.96 Å². The number of hydrogen-bond donors (Lipinski definition) is 1. The molecule has 19 heavy (non-hydrogen) atoms. The van der Waals surface area contributed by atoms with Crippen LogP contribution in [0.4, 0.5) is 5.13 Å². The lowest BCUT2D eigenvalue weighted by molar-refractivity contribution is 0.129. The quantitative estimate of drug-likeness (QED) is 0.870. The van der Waals surface area contributed by atoms with Crippen LogP contribution in [0.3, 0.4) is 0 Å². The summed E-state index contributed by atoms with van der Waals surface area (Å²) in [5.41, 5.74) is 0.700. The van der Waals surface area contributed by atoms with Gasteiger partial charge in [-0.2, -0.15) is 4.52 Å². The van der Waals surface area contributed by atoms with E-state index in [1.807, 2.05) is 6.92 Å². The Morgan fingerprint density at radius 3 is 3.05 bits per heavy atom. The first kappa shape index (κ1) is 14.0. The molecule has 0 aliphatic rings. The predicted molar refractivity (Wildman–Crippen MR) is 76.1 cm³/mol. The fourth-order valence-corrected chi connectivity index (χ4v) is 2.46. The molecular weight excluding hydrogens is 264 g/mol. The van der Waals surface area contributed by atoms with Gasteiger partial charge in [0.25, 0.3) is 5.56 Å². The second kappa shape index (κ2) is 6.12. The van der Waals surface area contributed by atoms with Gasteiger partial charge in [-0.25, -0.2) is 4.98 Å². The molecule has 2 rings (SSSR count). The van der Waals surface area contributed by atoms with E-state index in [9.17, 15) is 4.79 Å². The second-order valence-corrected chi connectivity index (χ2v) is 5.32. The second-order valence-electron chi connectivity index (χ2n) is 4.36. The Morgan fingerprint density at radius 1 is 1.58 bits per heavy atom. The monoisotopic (exact) mass is 282 g/mol. The first-order valence-corrected chi connectivity index (χ1v) is 7.12. The fourth-order valence-electron chi connectivity index (χ4n) is 1.63. The Balaban J connectivity index is 2.24. The Labute approximate surface area is 115 Å². The van der Waals surface area contributed by atoms with Crippen molar-refractivity contribution in [3.8, 4) is 0 Å². The number of ether oxygens (including phenoxy) is 1. The van der Waals surface area contributed by atoms with E-state index in [-0.39, 0.29) is 11.7 Å². The van der Waals surface area contributed by atoms with Crippen molar-refractivity contribution in [3.63, 3.8) is 0 Å². The molecule has 0 saturated heterocycles. The lowest BCUT2D eigenvalue weighted by atomic mass is 10.2. The molecule has 0 bridgehead atoms. The highest BCUT2D eigenvalue weighted by molar-refractivity contribution is 7.20. The number of hydrogen-bond acceptors (Lipinski definition) is 6. The molecule has 1 unspecified atom stereocenters. The summed E-state index contributed by atoms with van der Waals surface area (Å²) in [6, 6.07) is 1.55. The van der Waals surface area contributed by atoms with Crippen LogP contribution in [0.5, 0.6) is 0 Å². The zero-order valence-electron chi connectivity index (χ0n) is 11.3. The zero-order chi connectivity index (χ0) is 13.8. The van der Waals surface area contributed by atoms with E-state index in [2.05, 4.69) is 22.3 Å². The SMILES string of the molecule is CCCc1cc(=O)n2nc(NCC(C)OC)sc2n1. The molecule has 0 fully saturated rings. The summed E-state index contributed by atoms with van der Waals surface area (Å²) in [6.45, 7) is 4.67. The fraction of sp³-hybridized carbons (Fsp3) is 0.583. The molecule has 0 amide bonds. The number of methoxy groups -OCH3 is 1. The number of rotatable bonds is 6. The maximum Gasteiger partial charge on any atom is 0.275 e. The third-order valence-corrected chi connectivity index (χ3v) is 3.61. The van der Waals surface area contributed by atoms with Gasteiger partial charge in [0.2, 0.25) is 10.1 Å². The van der Waals surface area contributed by atoms with Crippen molar-refractivity contribution in [2.45, 2.75) is 32.8 Å². The molecule has 2 heterocycles. The first-order chi connectivity index (χ1) is 9.13. The number of aromatic nitrogens is 3. The average Bonchev–Trinajstić information content (AvgIpc) is 2.80. The van der Waals surface area contributed by atoms with E-state index < -0.39 is 0 Å². The lowest BCUT2D eigenvalue weighted by Gasteiger charge is -2.08. The number of nitrogens with one attached hydrogen (secondary N) is 1. The van der Waals surface area contributed by atoms with Gasteiger partial charge in [-0.1, -0.05) is 24.7 Å². The van der Waals surface area contributed by atoms with Gasteiger partial charge in [0.05, 0.1) is 6.10 Å².